The van der Waals surface area contributed by atoms with Crippen LogP contribution in [0, 0.1) is 5.92 Å². The topological polar surface area (TPSA) is 155 Å². The van der Waals surface area contributed by atoms with Gasteiger partial charge in [-0.05, 0) is 49.9 Å². The number of hydrogen-bond donors (Lipinski definition) is 2. The minimum Gasteiger partial charge on any atom is -0.493 e. The molecule has 3 N–H and O–H groups in total. The number of urea groups is 1. The molecule has 3 aliphatic rings. The number of ether oxygens (including phenoxy) is 3. The first kappa shape index (κ1) is 32.3. The number of imide groups is 1. The summed E-state index contributed by atoms with van der Waals surface area (Å²) in [6.07, 6.45) is 3.83. The average Bonchev–Trinajstić information content (AvgIpc) is 3.61. The maximum atomic E-state index is 13.7. The van der Waals surface area contributed by atoms with Gasteiger partial charge in [-0.1, -0.05) is 13.3 Å². The zero-order chi connectivity index (χ0) is 31.1. The van der Waals surface area contributed by atoms with E-state index in [4.69, 9.17) is 19.9 Å². The fourth-order valence-corrected chi connectivity index (χ4v) is 6.27. The Morgan fingerprint density at radius 1 is 1.16 bits per heavy atom. The highest BCUT2D eigenvalue weighted by atomic mass is 16.7. The number of likely N-dealkylation sites (tertiary alicyclic amines) is 1. The quantitative estimate of drug-likeness (QED) is 0.284. The molecule has 0 unspecified atom stereocenters. The van der Waals surface area contributed by atoms with Crippen LogP contribution in [0.3, 0.4) is 0 Å². The third-order valence-electron chi connectivity index (χ3n) is 8.67. The first-order valence-corrected chi connectivity index (χ1v) is 15.2. The first-order valence-electron chi connectivity index (χ1n) is 15.2. The van der Waals surface area contributed by atoms with Crippen molar-refractivity contribution in [1.82, 2.24) is 19.6 Å². The Kier molecular flexibility index (Phi) is 11.1. The molecule has 0 bridgehead atoms. The number of carbonyl (C=O) groups excluding carboxylic acids is 3. The molecule has 2 fully saturated rings. The van der Waals surface area contributed by atoms with Gasteiger partial charge in [-0.15, -0.1) is 0 Å². The minimum absolute atomic E-state index is 0.0285. The van der Waals surface area contributed by atoms with Crippen molar-refractivity contribution in [3.63, 3.8) is 0 Å². The number of fused-ring (bicyclic) bond motifs is 1. The zero-order valence-corrected chi connectivity index (χ0v) is 25.5. The molecule has 3 aliphatic heterocycles. The molecule has 238 valence electrons. The van der Waals surface area contributed by atoms with E-state index in [0.717, 1.165) is 25.7 Å². The molecule has 0 saturated carbocycles. The maximum Gasteiger partial charge on any atom is 0.326 e. The molecule has 1 aromatic carbocycles. The van der Waals surface area contributed by atoms with E-state index in [0.29, 0.717) is 55.5 Å². The number of nitrogens with zero attached hydrogens (tertiary/aromatic N) is 4. The lowest BCUT2D eigenvalue weighted by Crippen LogP contribution is -2.52. The molecule has 0 radical (unpaired) electrons. The van der Waals surface area contributed by atoms with Crippen LogP contribution in [0.25, 0.3) is 0 Å². The van der Waals surface area contributed by atoms with E-state index >= 15 is 0 Å². The van der Waals surface area contributed by atoms with Gasteiger partial charge in [0.2, 0.25) is 24.4 Å². The van der Waals surface area contributed by atoms with Crippen molar-refractivity contribution < 1.29 is 38.5 Å². The van der Waals surface area contributed by atoms with Gasteiger partial charge in [0.15, 0.2) is 11.5 Å². The molecule has 0 spiro atoms. The van der Waals surface area contributed by atoms with Crippen LogP contribution in [0.15, 0.2) is 12.1 Å². The number of unbranched alkanes of at least 4 members (excludes halogenated alkanes) is 2. The van der Waals surface area contributed by atoms with Crippen molar-refractivity contribution in [2.45, 2.75) is 57.4 Å². The number of nitrogens with two attached hydrogens (primary N) is 1. The number of benzene rings is 1. The predicted octanol–water partition coefficient (Wildman–Crippen LogP) is 1.93. The number of rotatable bonds is 15. The number of carbonyl (C=O) groups is 4. The second-order valence-electron chi connectivity index (χ2n) is 11.4. The smallest absolute Gasteiger partial charge is 0.326 e. The molecular formula is C30H45N5O8. The van der Waals surface area contributed by atoms with E-state index in [-0.39, 0.29) is 44.5 Å². The highest BCUT2D eigenvalue weighted by Gasteiger charge is 2.48. The summed E-state index contributed by atoms with van der Waals surface area (Å²) in [6.45, 7) is 4.60. The van der Waals surface area contributed by atoms with Crippen molar-refractivity contribution >= 4 is 23.8 Å². The summed E-state index contributed by atoms with van der Waals surface area (Å²) in [5.41, 5.74) is 6.38. The van der Waals surface area contributed by atoms with Crippen molar-refractivity contribution in [2.75, 3.05) is 66.8 Å². The minimum atomic E-state index is -1.01. The van der Waals surface area contributed by atoms with Gasteiger partial charge in [-0.2, -0.15) is 0 Å². The van der Waals surface area contributed by atoms with E-state index < -0.39 is 29.9 Å². The van der Waals surface area contributed by atoms with Gasteiger partial charge in [-0.3, -0.25) is 24.2 Å². The molecular weight excluding hydrogens is 558 g/mol. The van der Waals surface area contributed by atoms with Gasteiger partial charge in [0, 0.05) is 58.2 Å². The lowest BCUT2D eigenvalue weighted by molar-refractivity contribution is -0.144. The Labute approximate surface area is 252 Å². The molecule has 4 rings (SSSR count). The second kappa shape index (κ2) is 14.7. The summed E-state index contributed by atoms with van der Waals surface area (Å²) < 4.78 is 16.7. The monoisotopic (exact) mass is 603 g/mol. The summed E-state index contributed by atoms with van der Waals surface area (Å²) in [5, 5.41) is 10.6. The Balaban J connectivity index is 1.63. The van der Waals surface area contributed by atoms with Crippen LogP contribution in [0.1, 0.15) is 56.9 Å². The molecule has 3 atom stereocenters. The molecule has 43 heavy (non-hydrogen) atoms. The van der Waals surface area contributed by atoms with Crippen molar-refractivity contribution in [1.29, 1.82) is 0 Å². The molecule has 1 aromatic rings. The van der Waals surface area contributed by atoms with Crippen LogP contribution in [-0.2, 0) is 14.4 Å². The van der Waals surface area contributed by atoms with E-state index in [1.807, 2.05) is 9.80 Å². The van der Waals surface area contributed by atoms with Crippen molar-refractivity contribution in [3.05, 3.63) is 17.7 Å². The zero-order valence-electron chi connectivity index (χ0n) is 25.5. The Morgan fingerprint density at radius 2 is 1.93 bits per heavy atom. The SMILES string of the molecule is CCCCN(CCCCN)C(=O)CN1C[C@H](c2cc(OC)c3c(c2)OCO3)[C@@H](C(=O)O)[C@@H]1CCN1C(=O)CCN(C)C1=O. The Morgan fingerprint density at radius 3 is 2.63 bits per heavy atom. The van der Waals surface area contributed by atoms with E-state index in [1.165, 1.54) is 16.9 Å². The van der Waals surface area contributed by atoms with E-state index in [2.05, 4.69) is 6.92 Å². The standard InChI is InChI=1S/C30H45N5O8/c1-4-5-11-33(12-7-6-10-31)26(37)18-34-17-21(20-15-23(41-3)28-24(16-20)42-19-43-28)27(29(38)39)22(34)8-14-35-25(36)9-13-32(2)30(35)40/h15-16,21-22,27H,4-14,17-19,31H2,1-3H3,(H,38,39)/t21-,22+,27-/m1/s1. The van der Waals surface area contributed by atoms with E-state index in [9.17, 15) is 24.3 Å². The van der Waals surface area contributed by atoms with Crippen molar-refractivity contribution in [2.24, 2.45) is 11.7 Å². The summed E-state index contributed by atoms with van der Waals surface area (Å²) >= 11 is 0. The van der Waals surface area contributed by atoms with Gasteiger partial charge < -0.3 is 34.9 Å². The number of hydrogen-bond acceptors (Lipinski definition) is 9. The molecule has 2 saturated heterocycles. The summed E-state index contributed by atoms with van der Waals surface area (Å²) in [4.78, 5) is 58.5. The summed E-state index contributed by atoms with van der Waals surface area (Å²) in [7, 11) is 3.15. The van der Waals surface area contributed by atoms with Gasteiger partial charge in [0.25, 0.3) is 0 Å². The van der Waals surface area contributed by atoms with Crippen LogP contribution < -0.4 is 19.9 Å². The Bertz CT molecular complexity index is 1180. The highest BCUT2D eigenvalue weighted by Crippen LogP contribution is 2.47. The summed E-state index contributed by atoms with van der Waals surface area (Å²) in [6, 6.07) is 2.55. The molecule has 0 aromatic heterocycles. The molecule has 13 heteroatoms. The predicted molar refractivity (Wildman–Crippen MR) is 157 cm³/mol. The third-order valence-corrected chi connectivity index (χ3v) is 8.67. The fourth-order valence-electron chi connectivity index (χ4n) is 6.27. The lowest BCUT2D eigenvalue weighted by atomic mass is 9.84. The van der Waals surface area contributed by atoms with Crippen LogP contribution in [0.2, 0.25) is 0 Å². The number of carboxylic acids is 1. The lowest BCUT2D eigenvalue weighted by Gasteiger charge is -2.34. The molecule has 4 amide bonds. The third kappa shape index (κ3) is 7.32. The largest absolute Gasteiger partial charge is 0.493 e. The second-order valence-corrected chi connectivity index (χ2v) is 11.4. The average molecular weight is 604 g/mol. The van der Waals surface area contributed by atoms with Gasteiger partial charge in [0.05, 0.1) is 19.6 Å². The molecule has 0 aliphatic carbocycles. The van der Waals surface area contributed by atoms with Gasteiger partial charge in [0.1, 0.15) is 0 Å². The summed E-state index contributed by atoms with van der Waals surface area (Å²) in [5.74, 6) is -1.40. The maximum absolute atomic E-state index is 13.7. The fraction of sp³-hybridized carbons (Fsp3) is 0.667. The van der Waals surface area contributed by atoms with Crippen LogP contribution in [0.5, 0.6) is 17.2 Å². The van der Waals surface area contributed by atoms with Gasteiger partial charge >= 0.3 is 12.0 Å². The molecule has 3 heterocycles. The number of amides is 4. The number of aliphatic carboxylic acids is 1. The van der Waals surface area contributed by atoms with E-state index in [1.54, 1.807) is 19.2 Å². The number of carboxylic acid groups (broad SMARTS) is 1. The van der Waals surface area contributed by atoms with Crippen LogP contribution >= 0.6 is 0 Å². The van der Waals surface area contributed by atoms with Gasteiger partial charge in [-0.25, -0.2) is 4.79 Å². The van der Waals surface area contributed by atoms with Crippen molar-refractivity contribution in [3.8, 4) is 17.2 Å². The van der Waals surface area contributed by atoms with Crippen LogP contribution in [0.4, 0.5) is 4.79 Å². The molecule has 13 nitrogen and oxygen atoms in total. The first-order chi connectivity index (χ1) is 20.7. The highest BCUT2D eigenvalue weighted by molar-refractivity contribution is 5.96. The number of methoxy groups -OCH3 is 1. The van der Waals surface area contributed by atoms with Crippen LogP contribution in [-0.4, -0.2) is 121 Å². The Hall–Kier alpha value is -3.58. The normalized spacial score (nSPS) is 21.9.